The Balaban J connectivity index is 1.24. The topological polar surface area (TPSA) is 74.4 Å². The van der Waals surface area contributed by atoms with Crippen LogP contribution in [0.5, 0.6) is 0 Å². The molecule has 0 spiro atoms. The molecule has 2 heterocycles. The highest BCUT2D eigenvalue weighted by atomic mass is 16.1. The number of hydrogen-bond donors (Lipinski definition) is 3. The number of amides is 1. The first kappa shape index (κ1) is 17.9. The maximum absolute atomic E-state index is 12.7. The minimum atomic E-state index is 0.0504. The van der Waals surface area contributed by atoms with Crippen molar-refractivity contribution in [3.63, 3.8) is 0 Å². The minimum Gasteiger partial charge on any atom is -0.361 e. The molecule has 1 amide bonds. The lowest BCUT2D eigenvalue weighted by Gasteiger charge is -2.13. The number of aromatic amines is 1. The molecule has 4 aromatic rings. The number of H-pyrrole nitrogens is 1. The molecule has 0 aliphatic heterocycles. The zero-order chi connectivity index (χ0) is 19.6. The predicted molar refractivity (Wildman–Crippen MR) is 116 cm³/mol. The Morgan fingerprint density at radius 2 is 1.90 bits per heavy atom. The highest BCUT2D eigenvalue weighted by Crippen LogP contribution is 2.33. The van der Waals surface area contributed by atoms with Gasteiger partial charge in [-0.05, 0) is 42.5 Å². The zero-order valence-electron chi connectivity index (χ0n) is 16.4. The summed E-state index contributed by atoms with van der Waals surface area (Å²) >= 11 is 0. The van der Waals surface area contributed by atoms with Crippen molar-refractivity contribution in [3.05, 3.63) is 71.5 Å². The average molecular weight is 385 g/mol. The third-order valence-corrected chi connectivity index (χ3v) is 5.81. The Labute approximate surface area is 169 Å². The number of pyridine rings is 1. The van der Waals surface area contributed by atoms with E-state index in [4.69, 9.17) is 4.98 Å². The number of nitrogens with two attached hydrogens (primary N) is 1. The Morgan fingerprint density at radius 1 is 1.07 bits per heavy atom. The van der Waals surface area contributed by atoms with Crippen LogP contribution in [0.4, 0.5) is 5.69 Å². The lowest BCUT2D eigenvalue weighted by molar-refractivity contribution is -0.643. The van der Waals surface area contributed by atoms with E-state index in [-0.39, 0.29) is 5.91 Å². The van der Waals surface area contributed by atoms with Crippen molar-refractivity contribution in [2.75, 3.05) is 18.4 Å². The number of nitrogens with one attached hydrogen (secondary N) is 2. The number of rotatable bonds is 6. The Hall–Kier alpha value is -3.18. The van der Waals surface area contributed by atoms with Gasteiger partial charge in [0, 0.05) is 34.6 Å². The monoisotopic (exact) mass is 385 g/mol. The van der Waals surface area contributed by atoms with Gasteiger partial charge in [0.25, 0.3) is 5.91 Å². The Morgan fingerprint density at radius 3 is 2.83 bits per heavy atom. The number of carbonyl (C=O) groups excluding carboxylic acids is 1. The van der Waals surface area contributed by atoms with E-state index < -0.39 is 0 Å². The molecule has 146 valence electrons. The van der Waals surface area contributed by atoms with Crippen molar-refractivity contribution in [3.8, 4) is 0 Å². The molecule has 5 rings (SSSR count). The summed E-state index contributed by atoms with van der Waals surface area (Å²) in [6.07, 6.45) is 6.11. The van der Waals surface area contributed by atoms with Gasteiger partial charge in [0.1, 0.15) is 0 Å². The first-order valence-corrected chi connectivity index (χ1v) is 10.4. The molecular formula is C24H25N4O+. The molecule has 0 radical (unpaired) electrons. The van der Waals surface area contributed by atoms with Crippen molar-refractivity contribution in [2.45, 2.75) is 25.7 Å². The van der Waals surface area contributed by atoms with Gasteiger partial charge in [-0.15, -0.1) is 0 Å². The first-order valence-electron chi connectivity index (χ1n) is 10.4. The van der Waals surface area contributed by atoms with Crippen molar-refractivity contribution < 1.29 is 10.1 Å². The van der Waals surface area contributed by atoms with Gasteiger partial charge in [-0.1, -0.05) is 36.4 Å². The fourth-order valence-corrected chi connectivity index (χ4v) is 4.37. The number of aryl methyl sites for hydroxylation is 1. The van der Waals surface area contributed by atoms with E-state index in [1.807, 2.05) is 24.3 Å². The van der Waals surface area contributed by atoms with E-state index in [1.165, 1.54) is 22.0 Å². The Kier molecular flexibility index (Phi) is 4.74. The van der Waals surface area contributed by atoms with Gasteiger partial charge in [-0.3, -0.25) is 9.78 Å². The summed E-state index contributed by atoms with van der Waals surface area (Å²) in [5, 5.41) is 7.59. The van der Waals surface area contributed by atoms with Crippen molar-refractivity contribution in [1.29, 1.82) is 0 Å². The average Bonchev–Trinajstić information content (AvgIpc) is 3.38. The lowest BCUT2D eigenvalue weighted by atomic mass is 10.1. The SMILES string of the molecule is O=C(C[NH2+]CCc1c[nH]c2ccccc12)Nc1c2c(nc3ccccc13)CCC2. The van der Waals surface area contributed by atoms with E-state index >= 15 is 0 Å². The minimum absolute atomic E-state index is 0.0504. The second-order valence-corrected chi connectivity index (χ2v) is 7.72. The maximum atomic E-state index is 12.7. The first-order chi connectivity index (χ1) is 14.3. The highest BCUT2D eigenvalue weighted by Gasteiger charge is 2.21. The van der Waals surface area contributed by atoms with Crippen LogP contribution in [-0.4, -0.2) is 29.0 Å². The van der Waals surface area contributed by atoms with Crippen LogP contribution in [0.15, 0.2) is 54.7 Å². The van der Waals surface area contributed by atoms with Crippen LogP contribution in [0.2, 0.25) is 0 Å². The molecular weight excluding hydrogens is 360 g/mol. The number of fused-ring (bicyclic) bond motifs is 3. The molecule has 1 aliphatic rings. The normalized spacial score (nSPS) is 13.1. The molecule has 1 aliphatic carbocycles. The molecule has 5 nitrogen and oxygen atoms in total. The Bertz CT molecular complexity index is 1190. The van der Waals surface area contributed by atoms with Crippen LogP contribution in [0.1, 0.15) is 23.2 Å². The molecule has 0 fully saturated rings. The number of aromatic nitrogens is 2. The number of quaternary nitrogens is 1. The summed E-state index contributed by atoms with van der Waals surface area (Å²) in [5.41, 5.74) is 6.76. The largest absolute Gasteiger partial charge is 0.361 e. The number of benzene rings is 2. The third-order valence-electron chi connectivity index (χ3n) is 5.81. The van der Waals surface area contributed by atoms with Crippen LogP contribution in [0.3, 0.4) is 0 Å². The van der Waals surface area contributed by atoms with Crippen LogP contribution < -0.4 is 10.6 Å². The zero-order valence-corrected chi connectivity index (χ0v) is 16.4. The molecule has 4 N–H and O–H groups in total. The van der Waals surface area contributed by atoms with Gasteiger partial charge in [0.2, 0.25) is 0 Å². The second kappa shape index (κ2) is 7.68. The number of anilines is 1. The summed E-state index contributed by atoms with van der Waals surface area (Å²) in [7, 11) is 0. The lowest BCUT2D eigenvalue weighted by Crippen LogP contribution is -2.86. The van der Waals surface area contributed by atoms with Crippen molar-refractivity contribution in [1.82, 2.24) is 9.97 Å². The summed E-state index contributed by atoms with van der Waals surface area (Å²) in [6, 6.07) is 16.4. The number of hydrogen-bond acceptors (Lipinski definition) is 2. The molecule has 0 atom stereocenters. The molecule has 0 saturated heterocycles. The fraction of sp³-hybridized carbons (Fsp3) is 0.250. The fourth-order valence-electron chi connectivity index (χ4n) is 4.37. The van der Waals surface area contributed by atoms with E-state index in [2.05, 4.69) is 46.1 Å². The molecule has 2 aromatic carbocycles. The molecule has 5 heteroatoms. The van der Waals surface area contributed by atoms with Gasteiger partial charge in [0.05, 0.1) is 17.7 Å². The molecule has 0 bridgehead atoms. The van der Waals surface area contributed by atoms with Gasteiger partial charge < -0.3 is 15.6 Å². The van der Waals surface area contributed by atoms with Crippen LogP contribution >= 0.6 is 0 Å². The standard InChI is InChI=1S/C24H24N4O/c29-23(15-25-13-12-16-14-26-20-9-3-1-6-17(16)20)28-24-18-7-2-4-10-21(18)27-22-11-5-8-19(22)24/h1-4,6-7,9-10,14,25-26H,5,8,11-13,15H2,(H,27,28,29)/p+1. The third kappa shape index (κ3) is 3.49. The van der Waals surface area contributed by atoms with E-state index in [0.717, 1.165) is 54.5 Å². The number of carbonyl (C=O) groups is 1. The van der Waals surface area contributed by atoms with Gasteiger partial charge in [-0.2, -0.15) is 0 Å². The van der Waals surface area contributed by atoms with E-state index in [1.54, 1.807) is 0 Å². The van der Waals surface area contributed by atoms with Crippen LogP contribution in [0, 0.1) is 0 Å². The molecule has 2 aromatic heterocycles. The van der Waals surface area contributed by atoms with Crippen molar-refractivity contribution >= 4 is 33.4 Å². The van der Waals surface area contributed by atoms with Gasteiger partial charge >= 0.3 is 0 Å². The van der Waals surface area contributed by atoms with E-state index in [0.29, 0.717) is 6.54 Å². The smallest absolute Gasteiger partial charge is 0.279 e. The quantitative estimate of drug-likeness (QED) is 0.447. The highest BCUT2D eigenvalue weighted by molar-refractivity contribution is 6.03. The van der Waals surface area contributed by atoms with Crippen molar-refractivity contribution in [2.24, 2.45) is 0 Å². The van der Waals surface area contributed by atoms with Crippen LogP contribution in [-0.2, 0) is 24.1 Å². The van der Waals surface area contributed by atoms with E-state index in [9.17, 15) is 4.79 Å². The van der Waals surface area contributed by atoms with Gasteiger partial charge in [-0.25, -0.2) is 0 Å². The second-order valence-electron chi connectivity index (χ2n) is 7.72. The summed E-state index contributed by atoms with van der Waals surface area (Å²) in [4.78, 5) is 20.8. The maximum Gasteiger partial charge on any atom is 0.279 e. The molecule has 0 saturated carbocycles. The summed E-state index contributed by atoms with van der Waals surface area (Å²) in [5.74, 6) is 0.0504. The molecule has 0 unspecified atom stereocenters. The summed E-state index contributed by atoms with van der Waals surface area (Å²) in [6.45, 7) is 1.30. The van der Waals surface area contributed by atoms with Crippen LogP contribution in [0.25, 0.3) is 21.8 Å². The number of para-hydroxylation sites is 2. The summed E-state index contributed by atoms with van der Waals surface area (Å²) < 4.78 is 0. The number of nitrogens with zero attached hydrogens (tertiary/aromatic N) is 1. The van der Waals surface area contributed by atoms with Gasteiger partial charge in [0.15, 0.2) is 6.54 Å². The predicted octanol–water partition coefficient (Wildman–Crippen LogP) is 2.95. The molecule has 29 heavy (non-hydrogen) atoms.